The fourth-order valence-electron chi connectivity index (χ4n) is 2.67. The molecule has 19 heavy (non-hydrogen) atoms. The Morgan fingerprint density at radius 3 is 2.79 bits per heavy atom. The van der Waals surface area contributed by atoms with Crippen molar-refractivity contribution in [2.45, 2.75) is 31.6 Å². The topological polar surface area (TPSA) is 78.8 Å². The van der Waals surface area contributed by atoms with E-state index >= 15 is 0 Å². The summed E-state index contributed by atoms with van der Waals surface area (Å²) < 4.78 is 6.94. The Balaban J connectivity index is 1.98. The van der Waals surface area contributed by atoms with E-state index in [2.05, 4.69) is 15.5 Å². The van der Waals surface area contributed by atoms with Crippen molar-refractivity contribution in [3.05, 3.63) is 24.0 Å². The van der Waals surface area contributed by atoms with Gasteiger partial charge in [-0.05, 0) is 41.5 Å². The molecule has 3 rings (SSSR count). The number of anilines is 1. The number of hydrogen-bond donors (Lipinski definition) is 1. The predicted molar refractivity (Wildman–Crippen MR) is 71.3 cm³/mol. The largest absolute Gasteiger partial charge is 0.495 e. The number of hydrogen-bond acceptors (Lipinski definition) is 5. The van der Waals surface area contributed by atoms with Gasteiger partial charge in [0.15, 0.2) is 5.82 Å². The maximum Gasteiger partial charge on any atom is 0.159 e. The molecule has 6 heteroatoms. The standard InChI is InChI=1S/C13H17N5O/c1-19-12-7-6-10(8-11(12)14)18-13(15-16-17-18)9-4-2-3-5-9/h6-9H,2-5,14H2,1H3. The van der Waals surface area contributed by atoms with Crippen molar-refractivity contribution in [3.8, 4) is 11.4 Å². The van der Waals surface area contributed by atoms with Gasteiger partial charge in [0.2, 0.25) is 0 Å². The van der Waals surface area contributed by atoms with Gasteiger partial charge in [-0.15, -0.1) is 5.10 Å². The zero-order valence-electron chi connectivity index (χ0n) is 10.9. The van der Waals surface area contributed by atoms with E-state index in [0.717, 1.165) is 24.4 Å². The highest BCUT2D eigenvalue weighted by molar-refractivity contribution is 5.58. The molecular weight excluding hydrogens is 242 g/mol. The van der Waals surface area contributed by atoms with Crippen LogP contribution in [0.25, 0.3) is 5.69 Å². The minimum Gasteiger partial charge on any atom is -0.495 e. The summed E-state index contributed by atoms with van der Waals surface area (Å²) in [6, 6.07) is 5.60. The van der Waals surface area contributed by atoms with E-state index in [1.807, 2.05) is 18.2 Å². The molecule has 1 saturated carbocycles. The van der Waals surface area contributed by atoms with Crippen LogP contribution in [-0.2, 0) is 0 Å². The summed E-state index contributed by atoms with van der Waals surface area (Å²) in [5, 5.41) is 12.1. The number of nitrogens with zero attached hydrogens (tertiary/aromatic N) is 4. The molecule has 1 heterocycles. The molecule has 2 N–H and O–H groups in total. The van der Waals surface area contributed by atoms with Gasteiger partial charge in [0, 0.05) is 5.92 Å². The van der Waals surface area contributed by atoms with Crippen LogP contribution in [0.2, 0.25) is 0 Å². The van der Waals surface area contributed by atoms with E-state index in [1.54, 1.807) is 11.8 Å². The highest BCUT2D eigenvalue weighted by Crippen LogP contribution is 2.34. The number of rotatable bonds is 3. The molecule has 1 fully saturated rings. The van der Waals surface area contributed by atoms with Gasteiger partial charge in [-0.1, -0.05) is 12.8 Å². The molecule has 100 valence electrons. The molecule has 0 amide bonds. The van der Waals surface area contributed by atoms with Crippen molar-refractivity contribution >= 4 is 5.69 Å². The summed E-state index contributed by atoms with van der Waals surface area (Å²) in [5.74, 6) is 2.06. The van der Waals surface area contributed by atoms with Crippen LogP contribution in [0, 0.1) is 0 Å². The second kappa shape index (κ2) is 4.87. The molecule has 0 saturated heterocycles. The van der Waals surface area contributed by atoms with Crippen LogP contribution >= 0.6 is 0 Å². The highest BCUT2D eigenvalue weighted by atomic mass is 16.5. The number of nitrogens with two attached hydrogens (primary N) is 1. The monoisotopic (exact) mass is 259 g/mol. The van der Waals surface area contributed by atoms with E-state index in [1.165, 1.54) is 12.8 Å². The van der Waals surface area contributed by atoms with Gasteiger partial charge in [-0.2, -0.15) is 4.68 Å². The number of nitrogen functional groups attached to an aromatic ring is 1. The van der Waals surface area contributed by atoms with E-state index in [9.17, 15) is 0 Å². The summed E-state index contributed by atoms with van der Waals surface area (Å²) in [4.78, 5) is 0. The van der Waals surface area contributed by atoms with Crippen LogP contribution in [0.3, 0.4) is 0 Å². The molecule has 1 aromatic heterocycles. The van der Waals surface area contributed by atoms with Crippen molar-refractivity contribution in [3.63, 3.8) is 0 Å². The number of benzene rings is 1. The summed E-state index contributed by atoms with van der Waals surface area (Å²) in [7, 11) is 1.60. The second-order valence-corrected chi connectivity index (χ2v) is 4.86. The number of methoxy groups -OCH3 is 1. The van der Waals surface area contributed by atoms with Gasteiger partial charge in [0.1, 0.15) is 5.75 Å². The summed E-state index contributed by atoms with van der Waals surface area (Å²) >= 11 is 0. The molecule has 0 radical (unpaired) electrons. The Morgan fingerprint density at radius 1 is 1.32 bits per heavy atom. The van der Waals surface area contributed by atoms with Crippen molar-refractivity contribution in [1.29, 1.82) is 0 Å². The Kier molecular flexibility index (Phi) is 3.06. The highest BCUT2D eigenvalue weighted by Gasteiger charge is 2.23. The third kappa shape index (κ3) is 2.14. The van der Waals surface area contributed by atoms with Crippen LogP contribution in [0.4, 0.5) is 5.69 Å². The fourth-order valence-corrected chi connectivity index (χ4v) is 2.67. The summed E-state index contributed by atoms with van der Waals surface area (Å²) in [6.45, 7) is 0. The third-order valence-corrected chi connectivity index (χ3v) is 3.67. The lowest BCUT2D eigenvalue weighted by Crippen LogP contribution is -2.07. The smallest absolute Gasteiger partial charge is 0.159 e. The first-order valence-electron chi connectivity index (χ1n) is 6.52. The first kappa shape index (κ1) is 12.0. The Hall–Kier alpha value is -2.11. The molecule has 0 bridgehead atoms. The van der Waals surface area contributed by atoms with Crippen LogP contribution < -0.4 is 10.5 Å². The SMILES string of the molecule is COc1ccc(-n2nnnc2C2CCCC2)cc1N. The molecule has 1 aliphatic rings. The maximum absolute atomic E-state index is 5.93. The van der Waals surface area contributed by atoms with Crippen molar-refractivity contribution in [1.82, 2.24) is 20.2 Å². The van der Waals surface area contributed by atoms with Crippen molar-refractivity contribution in [2.24, 2.45) is 0 Å². The predicted octanol–water partition coefficient (Wildman–Crippen LogP) is 1.91. The normalized spacial score (nSPS) is 15.8. The average Bonchev–Trinajstić information content (AvgIpc) is 3.09. The lowest BCUT2D eigenvalue weighted by molar-refractivity contribution is 0.417. The maximum atomic E-state index is 5.93. The minimum absolute atomic E-state index is 0.457. The molecule has 1 aliphatic carbocycles. The van der Waals surface area contributed by atoms with Gasteiger partial charge in [0.25, 0.3) is 0 Å². The average molecular weight is 259 g/mol. The first-order chi connectivity index (χ1) is 9.29. The van der Waals surface area contributed by atoms with Gasteiger partial charge in [-0.25, -0.2) is 0 Å². The Morgan fingerprint density at radius 2 is 2.11 bits per heavy atom. The van der Waals surface area contributed by atoms with Crippen molar-refractivity contribution < 1.29 is 4.74 Å². The molecule has 0 unspecified atom stereocenters. The lowest BCUT2D eigenvalue weighted by atomic mass is 10.1. The Labute approximate surface area is 111 Å². The number of ether oxygens (including phenoxy) is 1. The van der Waals surface area contributed by atoms with Gasteiger partial charge in [0.05, 0.1) is 18.5 Å². The third-order valence-electron chi connectivity index (χ3n) is 3.67. The summed E-state index contributed by atoms with van der Waals surface area (Å²) in [5.41, 5.74) is 7.41. The van der Waals surface area contributed by atoms with Crippen LogP contribution in [-0.4, -0.2) is 27.3 Å². The molecule has 1 aromatic carbocycles. The molecule has 0 spiro atoms. The van der Waals surface area contributed by atoms with Crippen LogP contribution in [0.15, 0.2) is 18.2 Å². The van der Waals surface area contributed by atoms with E-state index < -0.39 is 0 Å². The van der Waals surface area contributed by atoms with Crippen LogP contribution in [0.5, 0.6) is 5.75 Å². The molecule has 0 atom stereocenters. The zero-order chi connectivity index (χ0) is 13.2. The van der Waals surface area contributed by atoms with Gasteiger partial charge in [-0.3, -0.25) is 0 Å². The molecule has 2 aromatic rings. The first-order valence-corrected chi connectivity index (χ1v) is 6.52. The minimum atomic E-state index is 0.457. The molecule has 0 aliphatic heterocycles. The van der Waals surface area contributed by atoms with Crippen molar-refractivity contribution in [2.75, 3.05) is 12.8 Å². The zero-order valence-corrected chi connectivity index (χ0v) is 10.9. The second-order valence-electron chi connectivity index (χ2n) is 4.86. The van der Waals surface area contributed by atoms with Gasteiger partial charge >= 0.3 is 0 Å². The lowest BCUT2D eigenvalue weighted by Gasteiger charge is -2.11. The van der Waals surface area contributed by atoms with Gasteiger partial charge < -0.3 is 10.5 Å². The number of aromatic nitrogens is 4. The Bertz CT molecular complexity index is 574. The van der Waals surface area contributed by atoms with E-state index in [0.29, 0.717) is 17.4 Å². The van der Waals surface area contributed by atoms with E-state index in [-0.39, 0.29) is 0 Å². The quantitative estimate of drug-likeness (QED) is 0.852. The van der Waals surface area contributed by atoms with Crippen LogP contribution in [0.1, 0.15) is 37.4 Å². The molecule has 6 nitrogen and oxygen atoms in total. The summed E-state index contributed by atoms with van der Waals surface area (Å²) in [6.07, 6.45) is 4.82. The van der Waals surface area contributed by atoms with E-state index in [4.69, 9.17) is 10.5 Å². The number of tetrazole rings is 1. The fraction of sp³-hybridized carbons (Fsp3) is 0.462. The molecular formula is C13H17N5O.